The average Bonchev–Trinajstić information content (AvgIpc) is 2.76. The summed E-state index contributed by atoms with van der Waals surface area (Å²) in [5.74, 6) is 0.632. The smallest absolute Gasteiger partial charge is 0.323 e. The van der Waals surface area contributed by atoms with Crippen LogP contribution < -0.4 is 25.4 Å². The van der Waals surface area contributed by atoms with Gasteiger partial charge < -0.3 is 25.4 Å². The Bertz CT molecular complexity index is 1050. The van der Waals surface area contributed by atoms with Crippen LogP contribution in [0.5, 0.6) is 11.5 Å². The predicted molar refractivity (Wildman–Crippen MR) is 118 cm³/mol. The highest BCUT2D eigenvalue weighted by atomic mass is 16.5. The molecule has 0 saturated carbocycles. The van der Waals surface area contributed by atoms with Gasteiger partial charge in [0.25, 0.3) is 5.91 Å². The number of nitrogens with one attached hydrogen (secondary N) is 3. The van der Waals surface area contributed by atoms with Crippen LogP contribution in [0.15, 0.2) is 66.7 Å². The minimum absolute atomic E-state index is 0.344. The minimum atomic E-state index is -0.378. The predicted octanol–water partition coefficient (Wildman–Crippen LogP) is 4.91. The molecule has 0 aliphatic heterocycles. The third-order valence-corrected chi connectivity index (χ3v) is 4.43. The van der Waals surface area contributed by atoms with E-state index in [0.29, 0.717) is 34.1 Å². The number of aryl methyl sites for hydroxylation is 1. The van der Waals surface area contributed by atoms with Crippen molar-refractivity contribution < 1.29 is 19.1 Å². The molecule has 0 atom stereocenters. The van der Waals surface area contributed by atoms with Gasteiger partial charge in [0.2, 0.25) is 0 Å². The van der Waals surface area contributed by atoms with E-state index >= 15 is 0 Å². The number of amides is 3. The van der Waals surface area contributed by atoms with Gasteiger partial charge in [0.15, 0.2) is 0 Å². The van der Waals surface area contributed by atoms with Crippen molar-refractivity contribution in [1.29, 1.82) is 0 Å². The second-order valence-corrected chi connectivity index (χ2v) is 6.50. The fraction of sp³-hybridized carbons (Fsp3) is 0.130. The fourth-order valence-corrected chi connectivity index (χ4v) is 2.83. The molecule has 7 heteroatoms. The van der Waals surface area contributed by atoms with E-state index in [9.17, 15) is 9.59 Å². The Kier molecular flexibility index (Phi) is 6.54. The number of para-hydroxylation sites is 1. The fourth-order valence-electron chi connectivity index (χ4n) is 2.83. The molecular weight excluding hydrogens is 382 g/mol. The molecule has 0 bridgehead atoms. The number of urea groups is 1. The summed E-state index contributed by atoms with van der Waals surface area (Å²) in [6, 6.07) is 19.0. The van der Waals surface area contributed by atoms with Crippen molar-refractivity contribution in [2.75, 3.05) is 30.2 Å². The molecule has 154 valence electrons. The van der Waals surface area contributed by atoms with Crippen LogP contribution >= 0.6 is 0 Å². The summed E-state index contributed by atoms with van der Waals surface area (Å²) in [5, 5.41) is 8.39. The molecular formula is C23H23N3O4. The first-order valence-corrected chi connectivity index (χ1v) is 9.27. The van der Waals surface area contributed by atoms with Gasteiger partial charge in [-0.3, -0.25) is 4.79 Å². The zero-order valence-corrected chi connectivity index (χ0v) is 17.0. The lowest BCUT2D eigenvalue weighted by molar-refractivity contribution is 0.102. The van der Waals surface area contributed by atoms with Crippen LogP contribution in [0.25, 0.3) is 0 Å². The number of methoxy groups -OCH3 is 2. The van der Waals surface area contributed by atoms with Crippen LogP contribution in [0.2, 0.25) is 0 Å². The van der Waals surface area contributed by atoms with E-state index in [0.717, 1.165) is 5.56 Å². The molecule has 0 radical (unpaired) electrons. The van der Waals surface area contributed by atoms with Gasteiger partial charge in [0, 0.05) is 17.1 Å². The van der Waals surface area contributed by atoms with E-state index in [-0.39, 0.29) is 11.9 Å². The Morgan fingerprint density at radius 2 is 1.50 bits per heavy atom. The number of rotatable bonds is 6. The lowest BCUT2D eigenvalue weighted by Crippen LogP contribution is -2.20. The van der Waals surface area contributed by atoms with E-state index < -0.39 is 0 Å². The molecule has 3 aromatic carbocycles. The summed E-state index contributed by atoms with van der Waals surface area (Å²) in [5.41, 5.74) is 2.99. The molecule has 30 heavy (non-hydrogen) atoms. The van der Waals surface area contributed by atoms with Crippen LogP contribution in [0.1, 0.15) is 15.9 Å². The number of benzene rings is 3. The highest BCUT2D eigenvalue weighted by molar-refractivity contribution is 6.07. The van der Waals surface area contributed by atoms with E-state index in [2.05, 4.69) is 16.0 Å². The van der Waals surface area contributed by atoms with E-state index in [4.69, 9.17) is 9.47 Å². The number of carbonyl (C=O) groups excluding carboxylic acids is 2. The topological polar surface area (TPSA) is 88.7 Å². The van der Waals surface area contributed by atoms with Crippen molar-refractivity contribution in [2.24, 2.45) is 0 Å². The molecule has 0 saturated heterocycles. The monoisotopic (exact) mass is 405 g/mol. The first-order valence-electron chi connectivity index (χ1n) is 9.27. The van der Waals surface area contributed by atoms with Gasteiger partial charge in [0.05, 0.1) is 19.8 Å². The van der Waals surface area contributed by atoms with Crippen molar-refractivity contribution in [3.05, 3.63) is 77.9 Å². The standard InChI is InChI=1S/C23H23N3O4/c1-15-9-10-17(25-23(28)24-16-7-5-4-6-8-16)13-20(15)26-22(27)19-14-18(29-2)11-12-21(19)30-3/h4-14H,1-3H3,(H,26,27)(H2,24,25,28). The van der Waals surface area contributed by atoms with Gasteiger partial charge in [0.1, 0.15) is 11.5 Å². The summed E-state index contributed by atoms with van der Waals surface area (Å²) in [6.07, 6.45) is 0. The molecule has 0 unspecified atom stereocenters. The third-order valence-electron chi connectivity index (χ3n) is 4.43. The quantitative estimate of drug-likeness (QED) is 0.544. The normalized spacial score (nSPS) is 10.1. The Morgan fingerprint density at radius 1 is 0.767 bits per heavy atom. The van der Waals surface area contributed by atoms with Gasteiger partial charge in [-0.05, 0) is 55.0 Å². The number of carbonyl (C=O) groups is 2. The van der Waals surface area contributed by atoms with Crippen molar-refractivity contribution in [2.45, 2.75) is 6.92 Å². The average molecular weight is 405 g/mol. The second-order valence-electron chi connectivity index (χ2n) is 6.50. The third kappa shape index (κ3) is 5.08. The van der Waals surface area contributed by atoms with Crippen molar-refractivity contribution in [1.82, 2.24) is 0 Å². The SMILES string of the molecule is COc1ccc(OC)c(C(=O)Nc2cc(NC(=O)Nc3ccccc3)ccc2C)c1. The molecule has 3 amide bonds. The summed E-state index contributed by atoms with van der Waals surface area (Å²) in [4.78, 5) is 25.1. The Morgan fingerprint density at radius 3 is 2.20 bits per heavy atom. The van der Waals surface area contributed by atoms with Crippen LogP contribution in [0.3, 0.4) is 0 Å². The molecule has 7 nitrogen and oxygen atoms in total. The summed E-state index contributed by atoms with van der Waals surface area (Å²) >= 11 is 0. The number of ether oxygens (including phenoxy) is 2. The Balaban J connectivity index is 1.75. The second kappa shape index (κ2) is 9.47. The largest absolute Gasteiger partial charge is 0.497 e. The molecule has 0 spiro atoms. The van der Waals surface area contributed by atoms with Crippen LogP contribution in [-0.2, 0) is 0 Å². The van der Waals surface area contributed by atoms with Gasteiger partial charge in [-0.1, -0.05) is 24.3 Å². The first-order chi connectivity index (χ1) is 14.5. The molecule has 3 aromatic rings. The first kappa shape index (κ1) is 20.7. The number of hydrogen-bond donors (Lipinski definition) is 3. The minimum Gasteiger partial charge on any atom is -0.497 e. The summed E-state index contributed by atoms with van der Waals surface area (Å²) in [6.45, 7) is 1.87. The van der Waals surface area contributed by atoms with Crippen molar-refractivity contribution in [3.63, 3.8) is 0 Å². The van der Waals surface area contributed by atoms with Gasteiger partial charge >= 0.3 is 6.03 Å². The lowest BCUT2D eigenvalue weighted by Gasteiger charge is -2.14. The van der Waals surface area contributed by atoms with Crippen molar-refractivity contribution in [3.8, 4) is 11.5 Å². The van der Waals surface area contributed by atoms with E-state index in [1.807, 2.05) is 31.2 Å². The van der Waals surface area contributed by atoms with Crippen LogP contribution in [-0.4, -0.2) is 26.2 Å². The maximum atomic E-state index is 12.8. The van der Waals surface area contributed by atoms with E-state index in [1.54, 1.807) is 42.5 Å². The zero-order chi connectivity index (χ0) is 21.5. The molecule has 0 heterocycles. The molecule has 3 rings (SSSR count). The Hall–Kier alpha value is -4.00. The zero-order valence-electron chi connectivity index (χ0n) is 17.0. The highest BCUT2D eigenvalue weighted by Gasteiger charge is 2.15. The van der Waals surface area contributed by atoms with Crippen LogP contribution in [0, 0.1) is 6.92 Å². The lowest BCUT2D eigenvalue weighted by atomic mass is 10.1. The van der Waals surface area contributed by atoms with Crippen LogP contribution in [0.4, 0.5) is 21.9 Å². The molecule has 3 N–H and O–H groups in total. The molecule has 0 fully saturated rings. The van der Waals surface area contributed by atoms with Gasteiger partial charge in [-0.15, -0.1) is 0 Å². The number of anilines is 3. The van der Waals surface area contributed by atoms with E-state index in [1.165, 1.54) is 14.2 Å². The maximum absolute atomic E-state index is 12.8. The summed E-state index contributed by atoms with van der Waals surface area (Å²) in [7, 11) is 3.03. The van der Waals surface area contributed by atoms with Crippen molar-refractivity contribution >= 4 is 29.0 Å². The molecule has 0 aromatic heterocycles. The molecule has 0 aliphatic rings. The number of hydrogen-bond acceptors (Lipinski definition) is 4. The Labute approximate surface area is 175 Å². The summed E-state index contributed by atoms with van der Waals surface area (Å²) < 4.78 is 10.5. The maximum Gasteiger partial charge on any atom is 0.323 e. The molecule has 0 aliphatic carbocycles. The van der Waals surface area contributed by atoms with Gasteiger partial charge in [-0.25, -0.2) is 4.79 Å². The highest BCUT2D eigenvalue weighted by Crippen LogP contribution is 2.27. The van der Waals surface area contributed by atoms with Gasteiger partial charge in [-0.2, -0.15) is 0 Å².